The summed E-state index contributed by atoms with van der Waals surface area (Å²) in [5.74, 6) is 1.88. The third-order valence-corrected chi connectivity index (χ3v) is 6.05. The van der Waals surface area contributed by atoms with Crippen LogP contribution in [-0.2, 0) is 5.41 Å². The molecule has 5 nitrogen and oxygen atoms in total. The zero-order chi connectivity index (χ0) is 17.6. The number of rotatable bonds is 3. The summed E-state index contributed by atoms with van der Waals surface area (Å²) in [5, 5.41) is 3.25. The zero-order valence-electron chi connectivity index (χ0n) is 14.8. The number of fused-ring (bicyclic) bond motifs is 2. The van der Waals surface area contributed by atoms with Crippen LogP contribution in [0.2, 0.25) is 0 Å². The lowest BCUT2D eigenvalue weighted by Crippen LogP contribution is -2.34. The Labute approximate surface area is 153 Å². The lowest BCUT2D eigenvalue weighted by Gasteiger charge is -2.27. The maximum Gasteiger partial charge on any atom is 0.251 e. The lowest BCUT2D eigenvalue weighted by atomic mass is 9.89. The van der Waals surface area contributed by atoms with Crippen LogP contribution in [0, 0.1) is 0 Å². The van der Waals surface area contributed by atoms with Crippen LogP contribution in [0.5, 0.6) is 5.75 Å². The quantitative estimate of drug-likeness (QED) is 0.926. The van der Waals surface area contributed by atoms with E-state index in [1.807, 2.05) is 24.3 Å². The van der Waals surface area contributed by atoms with Crippen LogP contribution in [0.4, 0.5) is 5.82 Å². The molecule has 134 valence electrons. The Bertz CT molecular complexity index is 847. The predicted octanol–water partition coefficient (Wildman–Crippen LogP) is 2.90. The highest BCUT2D eigenvalue weighted by molar-refractivity contribution is 5.95. The third-order valence-electron chi connectivity index (χ3n) is 6.05. The molecular weight excluding hydrogens is 326 g/mol. The molecule has 3 heterocycles. The van der Waals surface area contributed by atoms with Crippen molar-refractivity contribution in [3.8, 4) is 5.75 Å². The van der Waals surface area contributed by atoms with Crippen molar-refractivity contribution in [3.05, 3.63) is 53.7 Å². The van der Waals surface area contributed by atoms with Crippen molar-refractivity contribution in [2.45, 2.75) is 37.1 Å². The number of carbonyl (C=O) groups excluding carboxylic acids is 1. The molecule has 3 aliphatic rings. The molecule has 1 aliphatic carbocycles. The van der Waals surface area contributed by atoms with Crippen molar-refractivity contribution >= 4 is 11.7 Å². The van der Waals surface area contributed by atoms with Crippen LogP contribution in [-0.4, -0.2) is 36.6 Å². The van der Waals surface area contributed by atoms with Crippen LogP contribution < -0.4 is 15.0 Å². The number of para-hydroxylation sites is 1. The first-order chi connectivity index (χ1) is 12.8. The fraction of sp³-hybridized carbons (Fsp3) is 0.429. The summed E-state index contributed by atoms with van der Waals surface area (Å²) < 4.78 is 5.78. The second-order valence-corrected chi connectivity index (χ2v) is 7.58. The number of pyridine rings is 1. The number of aromatic nitrogens is 1. The van der Waals surface area contributed by atoms with Gasteiger partial charge in [-0.05, 0) is 43.9 Å². The van der Waals surface area contributed by atoms with Crippen molar-refractivity contribution in [1.29, 1.82) is 0 Å². The van der Waals surface area contributed by atoms with Crippen molar-refractivity contribution in [1.82, 2.24) is 10.3 Å². The molecule has 1 saturated carbocycles. The monoisotopic (exact) mass is 349 g/mol. The largest absolute Gasteiger partial charge is 0.493 e. The first kappa shape index (κ1) is 15.7. The summed E-state index contributed by atoms with van der Waals surface area (Å²) in [5.41, 5.74) is 1.99. The average Bonchev–Trinajstić information content (AvgIpc) is 3.10. The highest BCUT2D eigenvalue weighted by Gasteiger charge is 2.58. The number of anilines is 1. The summed E-state index contributed by atoms with van der Waals surface area (Å²) in [6.07, 6.45) is 6.09. The van der Waals surface area contributed by atoms with Gasteiger partial charge in [0, 0.05) is 41.9 Å². The average molecular weight is 349 g/mol. The number of ether oxygens (including phenoxy) is 1. The first-order valence-electron chi connectivity index (χ1n) is 9.50. The van der Waals surface area contributed by atoms with Crippen LogP contribution in [0.3, 0.4) is 0 Å². The first-order valence-corrected chi connectivity index (χ1v) is 9.50. The Morgan fingerprint density at radius 1 is 1.23 bits per heavy atom. The number of amides is 1. The fourth-order valence-electron chi connectivity index (χ4n) is 4.47. The van der Waals surface area contributed by atoms with Gasteiger partial charge in [0.25, 0.3) is 5.91 Å². The van der Waals surface area contributed by atoms with E-state index in [1.54, 1.807) is 6.20 Å². The number of nitrogens with zero attached hydrogens (tertiary/aromatic N) is 2. The lowest BCUT2D eigenvalue weighted by molar-refractivity contribution is 0.0945. The molecule has 2 atom stereocenters. The van der Waals surface area contributed by atoms with Gasteiger partial charge in [-0.3, -0.25) is 4.79 Å². The van der Waals surface area contributed by atoms with Crippen molar-refractivity contribution < 1.29 is 9.53 Å². The molecule has 0 bridgehead atoms. The third kappa shape index (κ3) is 2.54. The molecule has 0 unspecified atom stereocenters. The summed E-state index contributed by atoms with van der Waals surface area (Å²) >= 11 is 0. The topological polar surface area (TPSA) is 54.5 Å². The molecule has 1 saturated heterocycles. The summed E-state index contributed by atoms with van der Waals surface area (Å²) in [4.78, 5) is 19.5. The molecular formula is C21H23N3O2. The van der Waals surface area contributed by atoms with E-state index in [9.17, 15) is 4.79 Å². The Kier molecular flexibility index (Phi) is 3.62. The standard InChI is InChI=1S/C21H23N3O2/c25-20(15-7-9-22-19(13-15)24-10-3-4-11-24)23-18-14-21(18)8-12-26-17-6-2-1-5-16(17)21/h1-2,5-7,9,13,18H,3-4,8,10-12,14H2,(H,23,25)/t18-,21+/m1/s1. The van der Waals surface area contributed by atoms with E-state index in [0.717, 1.165) is 44.1 Å². The second kappa shape index (κ2) is 6.01. The second-order valence-electron chi connectivity index (χ2n) is 7.58. The van der Waals surface area contributed by atoms with Crippen molar-refractivity contribution in [2.75, 3.05) is 24.6 Å². The van der Waals surface area contributed by atoms with E-state index in [1.165, 1.54) is 18.4 Å². The van der Waals surface area contributed by atoms with Crippen LogP contribution in [0.25, 0.3) is 0 Å². The number of hydrogen-bond acceptors (Lipinski definition) is 4. The molecule has 2 aromatic rings. The van der Waals surface area contributed by atoms with E-state index in [4.69, 9.17) is 4.74 Å². The van der Waals surface area contributed by atoms with Crippen molar-refractivity contribution in [3.63, 3.8) is 0 Å². The fourth-order valence-corrected chi connectivity index (χ4v) is 4.47. The maximum absolute atomic E-state index is 12.8. The van der Waals surface area contributed by atoms with Gasteiger partial charge in [0.15, 0.2) is 0 Å². The zero-order valence-corrected chi connectivity index (χ0v) is 14.8. The van der Waals surface area contributed by atoms with Gasteiger partial charge in [-0.25, -0.2) is 4.98 Å². The molecule has 1 N–H and O–H groups in total. The number of nitrogens with one attached hydrogen (secondary N) is 1. The Balaban J connectivity index is 1.33. The van der Waals surface area contributed by atoms with E-state index in [2.05, 4.69) is 27.3 Å². The predicted molar refractivity (Wildman–Crippen MR) is 99.8 cm³/mol. The highest BCUT2D eigenvalue weighted by atomic mass is 16.5. The molecule has 1 aromatic carbocycles. The molecule has 2 aliphatic heterocycles. The molecule has 0 radical (unpaired) electrons. The molecule has 2 fully saturated rings. The minimum Gasteiger partial charge on any atom is -0.493 e. The van der Waals surface area contributed by atoms with Gasteiger partial charge in [0.1, 0.15) is 11.6 Å². The number of hydrogen-bond donors (Lipinski definition) is 1. The molecule has 26 heavy (non-hydrogen) atoms. The van der Waals surface area contributed by atoms with Gasteiger partial charge in [0.05, 0.1) is 6.61 Å². The molecule has 5 heteroatoms. The van der Waals surface area contributed by atoms with Gasteiger partial charge in [-0.15, -0.1) is 0 Å². The van der Waals surface area contributed by atoms with E-state index in [0.29, 0.717) is 5.56 Å². The van der Waals surface area contributed by atoms with Gasteiger partial charge in [0.2, 0.25) is 0 Å². The molecule has 1 aromatic heterocycles. The van der Waals surface area contributed by atoms with Crippen LogP contribution >= 0.6 is 0 Å². The smallest absolute Gasteiger partial charge is 0.251 e. The summed E-state index contributed by atoms with van der Waals surface area (Å²) in [6, 6.07) is 12.1. The van der Waals surface area contributed by atoms with Gasteiger partial charge >= 0.3 is 0 Å². The Morgan fingerprint density at radius 3 is 2.96 bits per heavy atom. The minimum absolute atomic E-state index is 0.00121. The highest BCUT2D eigenvalue weighted by Crippen LogP contribution is 2.55. The van der Waals surface area contributed by atoms with E-state index < -0.39 is 0 Å². The Hall–Kier alpha value is -2.56. The molecule has 1 amide bonds. The number of carbonyl (C=O) groups is 1. The maximum atomic E-state index is 12.8. The molecule has 1 spiro atoms. The minimum atomic E-state index is -0.00121. The number of benzene rings is 1. The van der Waals surface area contributed by atoms with Gasteiger partial charge < -0.3 is 15.0 Å². The van der Waals surface area contributed by atoms with Crippen LogP contribution in [0.15, 0.2) is 42.6 Å². The van der Waals surface area contributed by atoms with Gasteiger partial charge in [-0.2, -0.15) is 0 Å². The van der Waals surface area contributed by atoms with E-state index in [-0.39, 0.29) is 17.4 Å². The summed E-state index contributed by atoms with van der Waals surface area (Å²) in [6.45, 7) is 2.78. The molecule has 5 rings (SSSR count). The van der Waals surface area contributed by atoms with Gasteiger partial charge in [-0.1, -0.05) is 18.2 Å². The normalized spacial score (nSPS) is 26.3. The SMILES string of the molecule is O=C(N[C@@H]1C[C@]12CCOc1ccccc12)c1ccnc(N2CCCC2)c1. The van der Waals surface area contributed by atoms with E-state index >= 15 is 0 Å². The Morgan fingerprint density at radius 2 is 2.08 bits per heavy atom. The van der Waals surface area contributed by atoms with Crippen molar-refractivity contribution in [2.24, 2.45) is 0 Å². The summed E-state index contributed by atoms with van der Waals surface area (Å²) in [7, 11) is 0. The van der Waals surface area contributed by atoms with Crippen LogP contribution in [0.1, 0.15) is 41.6 Å².